The first-order valence-corrected chi connectivity index (χ1v) is 9.92. The highest BCUT2D eigenvalue weighted by Gasteiger charge is 2.30. The average Bonchev–Trinajstić information content (AvgIpc) is 2.31. The number of aliphatic imine (C=N–C) groups is 1. The molecule has 0 amide bonds. The van der Waals surface area contributed by atoms with Crippen LogP contribution in [-0.2, 0) is 9.84 Å². The van der Waals surface area contributed by atoms with Gasteiger partial charge in [-0.05, 0) is 46.0 Å². The van der Waals surface area contributed by atoms with E-state index in [2.05, 4.69) is 43.3 Å². The number of sulfone groups is 1. The molecule has 0 spiro atoms. The second-order valence-electron chi connectivity index (χ2n) is 7.87. The molecule has 0 fully saturated rings. The summed E-state index contributed by atoms with van der Waals surface area (Å²) in [6, 6.07) is 0.290. The molecule has 0 saturated carbocycles. The van der Waals surface area contributed by atoms with Gasteiger partial charge in [0.25, 0.3) is 0 Å². The van der Waals surface area contributed by atoms with E-state index in [1.54, 1.807) is 13.8 Å². The van der Waals surface area contributed by atoms with E-state index in [9.17, 15) is 8.42 Å². The molecule has 2 N–H and O–H groups in total. The predicted octanol–water partition coefficient (Wildman–Crippen LogP) is 3.20. The first kappa shape index (κ1) is 25.2. The minimum Gasteiger partial charge on any atom is -0.357 e. The van der Waals surface area contributed by atoms with Gasteiger partial charge in [0.15, 0.2) is 15.8 Å². The third-order valence-corrected chi connectivity index (χ3v) is 5.81. The van der Waals surface area contributed by atoms with Crippen molar-refractivity contribution in [2.75, 3.05) is 19.3 Å². The van der Waals surface area contributed by atoms with Crippen LogP contribution in [0.1, 0.15) is 61.3 Å². The summed E-state index contributed by atoms with van der Waals surface area (Å²) in [4.78, 5) is 4.45. The molecular formula is C16H36IN3O2S. The molecule has 0 aromatic heterocycles. The summed E-state index contributed by atoms with van der Waals surface area (Å²) in [6.07, 6.45) is 3.42. The molecule has 0 aromatic rings. The summed E-state index contributed by atoms with van der Waals surface area (Å²) < 4.78 is 22.6. The van der Waals surface area contributed by atoms with Crippen LogP contribution in [0.2, 0.25) is 0 Å². The van der Waals surface area contributed by atoms with Gasteiger partial charge in [0.1, 0.15) is 0 Å². The summed E-state index contributed by atoms with van der Waals surface area (Å²) in [6.45, 7) is 15.2. The van der Waals surface area contributed by atoms with Crippen molar-refractivity contribution in [3.05, 3.63) is 0 Å². The van der Waals surface area contributed by atoms with Crippen molar-refractivity contribution < 1.29 is 8.42 Å². The van der Waals surface area contributed by atoms with Crippen molar-refractivity contribution in [2.45, 2.75) is 72.1 Å². The second kappa shape index (κ2) is 10.1. The van der Waals surface area contributed by atoms with Crippen LogP contribution < -0.4 is 10.6 Å². The molecule has 0 aliphatic heterocycles. The zero-order valence-corrected chi connectivity index (χ0v) is 19.1. The van der Waals surface area contributed by atoms with Gasteiger partial charge in [0, 0.05) is 18.8 Å². The Labute approximate surface area is 160 Å². The molecular weight excluding hydrogens is 425 g/mol. The molecule has 5 nitrogen and oxygen atoms in total. The van der Waals surface area contributed by atoms with Crippen LogP contribution in [0, 0.1) is 5.41 Å². The lowest BCUT2D eigenvalue weighted by Gasteiger charge is -2.24. The Morgan fingerprint density at radius 3 is 2.09 bits per heavy atom. The van der Waals surface area contributed by atoms with E-state index in [-0.39, 0.29) is 30.5 Å². The lowest BCUT2D eigenvalue weighted by Crippen LogP contribution is -2.44. The molecule has 1 atom stereocenters. The standard InChI is InChI=1S/C16H35N3O2S.HI/c1-9-17-14(18-12-16(6,7)22(8,20)21)19-13(2)10-11-15(3,4)5;/h13H,9-12H2,1-8H3,(H2,17,18,19);1H. The van der Waals surface area contributed by atoms with Crippen LogP contribution in [0.3, 0.4) is 0 Å². The Kier molecular flexibility index (Phi) is 11.0. The van der Waals surface area contributed by atoms with Crippen LogP contribution in [0.4, 0.5) is 0 Å². The summed E-state index contributed by atoms with van der Waals surface area (Å²) in [5.41, 5.74) is 0.309. The summed E-state index contributed by atoms with van der Waals surface area (Å²) in [5.74, 6) is 0.681. The van der Waals surface area contributed by atoms with Gasteiger partial charge in [-0.2, -0.15) is 0 Å². The number of guanidine groups is 1. The molecule has 7 heteroatoms. The minimum atomic E-state index is -3.13. The van der Waals surface area contributed by atoms with Crippen molar-refractivity contribution in [3.8, 4) is 0 Å². The van der Waals surface area contributed by atoms with Crippen LogP contribution in [0.5, 0.6) is 0 Å². The molecule has 0 radical (unpaired) electrons. The zero-order chi connectivity index (χ0) is 17.6. The number of hydrogen-bond donors (Lipinski definition) is 2. The fraction of sp³-hybridized carbons (Fsp3) is 0.938. The molecule has 0 aliphatic carbocycles. The summed E-state index contributed by atoms with van der Waals surface area (Å²) in [5, 5.41) is 6.54. The van der Waals surface area contributed by atoms with Crippen LogP contribution >= 0.6 is 24.0 Å². The van der Waals surface area contributed by atoms with E-state index in [1.807, 2.05) is 6.92 Å². The highest BCUT2D eigenvalue weighted by molar-refractivity contribution is 14.0. The van der Waals surface area contributed by atoms with E-state index in [4.69, 9.17) is 0 Å². The number of nitrogens with zero attached hydrogens (tertiary/aromatic N) is 1. The Bertz CT molecular complexity index is 468. The third-order valence-electron chi connectivity index (χ3n) is 3.68. The summed E-state index contributed by atoms with van der Waals surface area (Å²) in [7, 11) is -3.13. The lowest BCUT2D eigenvalue weighted by molar-refractivity contribution is 0.346. The Balaban J connectivity index is 0. The first-order valence-electron chi connectivity index (χ1n) is 8.03. The van der Waals surface area contributed by atoms with E-state index in [0.717, 1.165) is 19.4 Å². The normalized spacial score (nSPS) is 14.9. The minimum absolute atomic E-state index is 0. The van der Waals surface area contributed by atoms with Gasteiger partial charge in [-0.25, -0.2) is 8.42 Å². The molecule has 23 heavy (non-hydrogen) atoms. The lowest BCUT2D eigenvalue weighted by atomic mass is 9.89. The maximum absolute atomic E-state index is 11.7. The van der Waals surface area contributed by atoms with Crippen LogP contribution in [0.25, 0.3) is 0 Å². The van der Waals surface area contributed by atoms with Crippen molar-refractivity contribution in [1.29, 1.82) is 0 Å². The van der Waals surface area contributed by atoms with Gasteiger partial charge in [-0.1, -0.05) is 20.8 Å². The van der Waals surface area contributed by atoms with Gasteiger partial charge < -0.3 is 10.6 Å². The predicted molar refractivity (Wildman–Crippen MR) is 112 cm³/mol. The average molecular weight is 461 g/mol. The maximum Gasteiger partial charge on any atom is 0.191 e. The molecule has 0 saturated heterocycles. The monoisotopic (exact) mass is 461 g/mol. The van der Waals surface area contributed by atoms with Crippen LogP contribution in [-0.4, -0.2) is 44.5 Å². The van der Waals surface area contributed by atoms with Gasteiger partial charge >= 0.3 is 0 Å². The maximum atomic E-state index is 11.7. The SMILES string of the molecule is CCNC(=NCC(C)(C)S(C)(=O)=O)NC(C)CCC(C)(C)C.I. The molecule has 0 aliphatic rings. The van der Waals surface area contributed by atoms with E-state index < -0.39 is 14.6 Å². The Morgan fingerprint density at radius 1 is 1.17 bits per heavy atom. The van der Waals surface area contributed by atoms with E-state index in [0.29, 0.717) is 17.4 Å². The highest BCUT2D eigenvalue weighted by Crippen LogP contribution is 2.21. The van der Waals surface area contributed by atoms with Crippen molar-refractivity contribution in [1.82, 2.24) is 10.6 Å². The van der Waals surface area contributed by atoms with Gasteiger partial charge in [0.2, 0.25) is 0 Å². The number of halogens is 1. The van der Waals surface area contributed by atoms with Crippen LogP contribution in [0.15, 0.2) is 4.99 Å². The Hall–Kier alpha value is -0.0500. The topological polar surface area (TPSA) is 70.6 Å². The summed E-state index contributed by atoms with van der Waals surface area (Å²) >= 11 is 0. The van der Waals surface area contributed by atoms with Gasteiger partial charge in [-0.3, -0.25) is 4.99 Å². The van der Waals surface area contributed by atoms with Gasteiger partial charge in [0.05, 0.1) is 11.3 Å². The highest BCUT2D eigenvalue weighted by atomic mass is 127. The largest absolute Gasteiger partial charge is 0.357 e. The van der Waals surface area contributed by atoms with Crippen molar-refractivity contribution in [2.24, 2.45) is 10.4 Å². The smallest absolute Gasteiger partial charge is 0.191 e. The quantitative estimate of drug-likeness (QED) is 0.347. The van der Waals surface area contributed by atoms with Crippen molar-refractivity contribution in [3.63, 3.8) is 0 Å². The van der Waals surface area contributed by atoms with Gasteiger partial charge in [-0.15, -0.1) is 24.0 Å². The molecule has 140 valence electrons. The zero-order valence-electron chi connectivity index (χ0n) is 16.0. The van der Waals surface area contributed by atoms with E-state index >= 15 is 0 Å². The fourth-order valence-electron chi connectivity index (χ4n) is 1.66. The molecule has 0 rings (SSSR count). The molecule has 1 unspecified atom stereocenters. The molecule has 0 aromatic carbocycles. The third kappa shape index (κ3) is 11.2. The fourth-order valence-corrected chi connectivity index (χ4v) is 1.96. The number of hydrogen-bond acceptors (Lipinski definition) is 3. The van der Waals surface area contributed by atoms with E-state index in [1.165, 1.54) is 6.26 Å². The number of nitrogens with one attached hydrogen (secondary N) is 2. The number of rotatable bonds is 7. The molecule has 0 heterocycles. The van der Waals surface area contributed by atoms with Crippen molar-refractivity contribution >= 4 is 39.8 Å². The molecule has 0 bridgehead atoms. The Morgan fingerprint density at radius 2 is 1.70 bits per heavy atom. The second-order valence-corrected chi connectivity index (χ2v) is 10.5. The first-order chi connectivity index (χ1) is 9.78.